The summed E-state index contributed by atoms with van der Waals surface area (Å²) < 4.78 is 0. The summed E-state index contributed by atoms with van der Waals surface area (Å²) in [6, 6.07) is 7.54. The lowest BCUT2D eigenvalue weighted by atomic mass is 10.1. The van der Waals surface area contributed by atoms with Crippen molar-refractivity contribution in [1.82, 2.24) is 10.4 Å². The lowest BCUT2D eigenvalue weighted by Crippen LogP contribution is -2.48. The van der Waals surface area contributed by atoms with E-state index in [9.17, 15) is 14.5 Å². The van der Waals surface area contributed by atoms with E-state index in [0.717, 1.165) is 50.0 Å². The zero-order valence-electron chi connectivity index (χ0n) is 16.5. The zero-order chi connectivity index (χ0) is 20.4. The van der Waals surface area contributed by atoms with Crippen LogP contribution in [0, 0.1) is 4.91 Å². The first-order chi connectivity index (χ1) is 13.5. The molecule has 0 radical (unpaired) electrons. The van der Waals surface area contributed by atoms with Gasteiger partial charge in [-0.2, -0.15) is 4.91 Å². The highest BCUT2D eigenvalue weighted by Crippen LogP contribution is 2.22. The van der Waals surface area contributed by atoms with Gasteiger partial charge < -0.3 is 9.80 Å². The summed E-state index contributed by atoms with van der Waals surface area (Å²) in [4.78, 5) is 38.1. The largest absolute Gasteiger partial charge is 0.368 e. The summed E-state index contributed by atoms with van der Waals surface area (Å²) in [5.41, 5.74) is 3.63. The van der Waals surface area contributed by atoms with Crippen LogP contribution in [0.15, 0.2) is 29.4 Å². The van der Waals surface area contributed by atoms with Crippen LogP contribution in [-0.2, 0) is 9.59 Å². The van der Waals surface area contributed by atoms with Gasteiger partial charge in [-0.3, -0.25) is 14.8 Å². The summed E-state index contributed by atoms with van der Waals surface area (Å²) >= 11 is 0. The first kappa shape index (κ1) is 21.8. The molecule has 1 saturated heterocycles. The number of piperazine rings is 1. The molecule has 1 fully saturated rings. The fourth-order valence-corrected chi connectivity index (χ4v) is 3.37. The number of anilines is 1. The first-order valence-corrected chi connectivity index (χ1v) is 9.93. The molecule has 0 spiro atoms. The lowest BCUT2D eigenvalue weighted by Gasteiger charge is -2.36. The molecule has 0 saturated carbocycles. The average molecular weight is 390 g/mol. The van der Waals surface area contributed by atoms with E-state index in [-0.39, 0.29) is 17.9 Å². The molecule has 0 aliphatic carbocycles. The topological polar surface area (TPSA) is 102 Å². The summed E-state index contributed by atoms with van der Waals surface area (Å²) in [5, 5.41) is 11.5. The highest BCUT2D eigenvalue weighted by atomic mass is 16.5. The Morgan fingerprint density at radius 3 is 2.21 bits per heavy atom. The predicted octanol–water partition coefficient (Wildman–Crippen LogP) is 3.01. The van der Waals surface area contributed by atoms with E-state index in [4.69, 9.17) is 5.21 Å². The van der Waals surface area contributed by atoms with Crippen LogP contribution in [0.25, 0.3) is 0 Å². The predicted molar refractivity (Wildman–Crippen MR) is 107 cm³/mol. The van der Waals surface area contributed by atoms with Gasteiger partial charge in [0.1, 0.15) is 6.04 Å². The Hall–Kier alpha value is -2.48. The minimum absolute atomic E-state index is 0.189. The maximum atomic E-state index is 12.4. The molecule has 2 rings (SSSR count). The van der Waals surface area contributed by atoms with Crippen molar-refractivity contribution in [2.45, 2.75) is 51.5 Å². The molecule has 1 atom stereocenters. The Labute approximate surface area is 165 Å². The third kappa shape index (κ3) is 6.60. The Morgan fingerprint density at radius 1 is 1.04 bits per heavy atom. The lowest BCUT2D eigenvalue weighted by molar-refractivity contribution is -0.132. The number of hydrogen-bond acceptors (Lipinski definition) is 6. The summed E-state index contributed by atoms with van der Waals surface area (Å²) in [5.74, 6) is -0.174. The van der Waals surface area contributed by atoms with Crippen LogP contribution >= 0.6 is 0 Å². The van der Waals surface area contributed by atoms with Crippen molar-refractivity contribution in [3.05, 3.63) is 34.7 Å². The number of nitrogens with one attached hydrogen (secondary N) is 1. The number of carbonyl (C=O) groups is 2. The molecule has 0 bridgehead atoms. The van der Waals surface area contributed by atoms with Crippen molar-refractivity contribution in [2.24, 2.45) is 5.18 Å². The average Bonchev–Trinajstić information content (AvgIpc) is 2.75. The summed E-state index contributed by atoms with van der Waals surface area (Å²) in [6.07, 6.45) is 4.19. The van der Waals surface area contributed by atoms with Gasteiger partial charge in [-0.15, -0.1) is 0 Å². The second-order valence-electron chi connectivity index (χ2n) is 7.19. The minimum atomic E-state index is -0.362. The maximum Gasteiger partial charge on any atom is 0.243 e. The third-order valence-corrected chi connectivity index (χ3v) is 5.20. The molecule has 0 aromatic heterocycles. The monoisotopic (exact) mass is 390 g/mol. The fourth-order valence-electron chi connectivity index (χ4n) is 3.37. The molecule has 1 aliphatic heterocycles. The van der Waals surface area contributed by atoms with Crippen LogP contribution in [0.5, 0.6) is 0 Å². The Balaban J connectivity index is 1.66. The second-order valence-corrected chi connectivity index (χ2v) is 7.19. The van der Waals surface area contributed by atoms with Crippen molar-refractivity contribution < 1.29 is 14.8 Å². The van der Waals surface area contributed by atoms with Gasteiger partial charge in [0.05, 0.1) is 0 Å². The smallest absolute Gasteiger partial charge is 0.243 e. The Bertz CT molecular complexity index is 642. The van der Waals surface area contributed by atoms with Crippen LogP contribution < -0.4 is 10.4 Å². The third-order valence-electron chi connectivity index (χ3n) is 5.20. The molecule has 1 unspecified atom stereocenters. The second kappa shape index (κ2) is 11.4. The number of nitroso groups, excluding NO2 is 1. The highest BCUT2D eigenvalue weighted by Gasteiger charge is 2.21. The number of hydrogen-bond donors (Lipinski definition) is 2. The molecular formula is C20H30N4O4. The molecule has 1 aliphatic rings. The molecule has 1 aromatic rings. The first-order valence-electron chi connectivity index (χ1n) is 9.93. The number of benzene rings is 1. The van der Waals surface area contributed by atoms with Crippen molar-refractivity contribution in [1.29, 1.82) is 0 Å². The van der Waals surface area contributed by atoms with Crippen LogP contribution in [0.1, 0.15) is 57.1 Å². The van der Waals surface area contributed by atoms with E-state index in [2.05, 4.69) is 10.1 Å². The number of hydroxylamine groups is 1. The number of amides is 2. The van der Waals surface area contributed by atoms with Crippen LogP contribution in [0.3, 0.4) is 0 Å². The van der Waals surface area contributed by atoms with Gasteiger partial charge in [-0.25, -0.2) is 5.48 Å². The van der Waals surface area contributed by atoms with Gasteiger partial charge in [0.2, 0.25) is 11.8 Å². The van der Waals surface area contributed by atoms with Crippen molar-refractivity contribution in [3.63, 3.8) is 0 Å². The molecule has 154 valence electrons. The van der Waals surface area contributed by atoms with E-state index in [1.807, 2.05) is 29.2 Å². The van der Waals surface area contributed by atoms with Gasteiger partial charge >= 0.3 is 0 Å². The molecule has 1 heterocycles. The summed E-state index contributed by atoms with van der Waals surface area (Å²) in [6.45, 7) is 4.79. The molecule has 2 N–H and O–H groups in total. The molecule has 8 nitrogen and oxygen atoms in total. The number of carbonyl (C=O) groups excluding carboxylic acids is 2. The van der Waals surface area contributed by atoms with Gasteiger partial charge in [-0.1, -0.05) is 30.2 Å². The molecular weight excluding hydrogens is 360 g/mol. The van der Waals surface area contributed by atoms with Gasteiger partial charge in [0.15, 0.2) is 0 Å². The van der Waals surface area contributed by atoms with E-state index >= 15 is 0 Å². The van der Waals surface area contributed by atoms with Crippen LogP contribution in [0.4, 0.5) is 5.69 Å². The Kier molecular flexibility index (Phi) is 8.87. The van der Waals surface area contributed by atoms with Gasteiger partial charge in [0, 0.05) is 44.7 Å². The molecule has 8 heteroatoms. The normalized spacial score (nSPS) is 15.2. The number of nitrogens with zero attached hydrogens (tertiary/aromatic N) is 3. The Morgan fingerprint density at radius 2 is 1.64 bits per heavy atom. The van der Waals surface area contributed by atoms with Crippen LogP contribution in [0.2, 0.25) is 0 Å². The van der Waals surface area contributed by atoms with Gasteiger partial charge in [-0.05, 0) is 37.5 Å². The zero-order valence-corrected chi connectivity index (χ0v) is 16.5. The van der Waals surface area contributed by atoms with Crippen LogP contribution in [-0.4, -0.2) is 48.1 Å². The van der Waals surface area contributed by atoms with Crippen molar-refractivity contribution >= 4 is 17.5 Å². The number of rotatable bonds is 10. The standard InChI is InChI=1S/C20H30N4O4/c1-16(21-27)17-8-10-18(11-9-17)23-12-14-24(15-13-23)20(26)7-5-3-2-4-6-19(25)22-28/h8-11,16,28H,2-7,12-15H2,1H3,(H,22,25). The highest BCUT2D eigenvalue weighted by molar-refractivity contribution is 5.76. The SMILES string of the molecule is CC(N=O)c1ccc(N2CCN(C(=O)CCCCCCC(=O)NO)CC2)cc1. The van der Waals surface area contributed by atoms with E-state index < -0.39 is 0 Å². The van der Waals surface area contributed by atoms with Crippen molar-refractivity contribution in [3.8, 4) is 0 Å². The maximum absolute atomic E-state index is 12.4. The van der Waals surface area contributed by atoms with E-state index in [1.165, 1.54) is 0 Å². The number of unbranched alkanes of at least 4 members (excludes halogenated alkanes) is 3. The quantitative estimate of drug-likeness (QED) is 0.277. The molecule has 2 amide bonds. The summed E-state index contributed by atoms with van der Waals surface area (Å²) in [7, 11) is 0. The molecule has 1 aromatic carbocycles. The molecule has 28 heavy (non-hydrogen) atoms. The van der Waals surface area contributed by atoms with E-state index in [0.29, 0.717) is 25.9 Å². The van der Waals surface area contributed by atoms with Crippen molar-refractivity contribution in [2.75, 3.05) is 31.1 Å². The van der Waals surface area contributed by atoms with E-state index in [1.54, 1.807) is 12.4 Å². The fraction of sp³-hybridized carbons (Fsp3) is 0.600. The van der Waals surface area contributed by atoms with Gasteiger partial charge in [0.25, 0.3) is 0 Å². The minimum Gasteiger partial charge on any atom is -0.368 e.